The molecule has 17 heavy (non-hydrogen) atoms. The average molecular weight is 238 g/mol. The highest BCUT2D eigenvalue weighted by atomic mass is 15.3. The Labute approximate surface area is 107 Å². The molecule has 2 rings (SSSR count). The minimum Gasteiger partial charge on any atom is -0.329 e. The van der Waals surface area contributed by atoms with Gasteiger partial charge in [-0.1, -0.05) is 33.6 Å². The predicted octanol–water partition coefficient (Wildman–Crippen LogP) is 3.01. The number of hydrogen-bond acceptors (Lipinski definition) is 2. The van der Waals surface area contributed by atoms with E-state index in [1.807, 2.05) is 0 Å². The van der Waals surface area contributed by atoms with E-state index in [1.54, 1.807) is 0 Å². The minimum absolute atomic E-state index is 0.347. The maximum absolute atomic E-state index is 6.24. The van der Waals surface area contributed by atoms with E-state index in [9.17, 15) is 0 Å². The molecule has 1 aliphatic carbocycles. The second-order valence-corrected chi connectivity index (χ2v) is 6.45. The highest BCUT2D eigenvalue weighted by Crippen LogP contribution is 2.45. The fourth-order valence-corrected chi connectivity index (χ4v) is 4.51. The SMILES string of the molecule is CCC1CCCC1(CN)N1CCCC1C(C)C. The summed E-state index contributed by atoms with van der Waals surface area (Å²) in [5.74, 6) is 1.62. The third kappa shape index (κ3) is 2.15. The Morgan fingerprint density at radius 3 is 2.65 bits per heavy atom. The van der Waals surface area contributed by atoms with Crippen LogP contribution in [0.2, 0.25) is 0 Å². The molecule has 2 aliphatic rings. The molecular formula is C15H30N2. The van der Waals surface area contributed by atoms with Crippen LogP contribution < -0.4 is 5.73 Å². The minimum atomic E-state index is 0.347. The van der Waals surface area contributed by atoms with Gasteiger partial charge in [0.15, 0.2) is 0 Å². The molecule has 3 atom stereocenters. The van der Waals surface area contributed by atoms with Crippen molar-refractivity contribution in [2.45, 2.75) is 70.9 Å². The Morgan fingerprint density at radius 2 is 2.06 bits per heavy atom. The molecule has 3 unspecified atom stereocenters. The summed E-state index contributed by atoms with van der Waals surface area (Å²) in [6.45, 7) is 9.26. The van der Waals surface area contributed by atoms with E-state index in [1.165, 1.54) is 45.1 Å². The van der Waals surface area contributed by atoms with Gasteiger partial charge >= 0.3 is 0 Å². The highest BCUT2D eigenvalue weighted by Gasteiger charge is 2.49. The lowest BCUT2D eigenvalue weighted by Crippen LogP contribution is -2.58. The van der Waals surface area contributed by atoms with Crippen LogP contribution in [0.4, 0.5) is 0 Å². The van der Waals surface area contributed by atoms with Crippen LogP contribution in [0.1, 0.15) is 59.3 Å². The van der Waals surface area contributed by atoms with Gasteiger partial charge in [-0.15, -0.1) is 0 Å². The summed E-state index contributed by atoms with van der Waals surface area (Å²) >= 11 is 0. The molecule has 0 aromatic carbocycles. The molecule has 0 radical (unpaired) electrons. The molecule has 0 spiro atoms. The quantitative estimate of drug-likeness (QED) is 0.816. The summed E-state index contributed by atoms with van der Waals surface area (Å²) in [5.41, 5.74) is 6.58. The fraction of sp³-hybridized carbons (Fsp3) is 1.00. The zero-order valence-electron chi connectivity index (χ0n) is 11.9. The zero-order chi connectivity index (χ0) is 12.5. The van der Waals surface area contributed by atoms with E-state index >= 15 is 0 Å². The van der Waals surface area contributed by atoms with E-state index < -0.39 is 0 Å². The van der Waals surface area contributed by atoms with Gasteiger partial charge in [-0.05, 0) is 44.1 Å². The van der Waals surface area contributed by atoms with Crippen LogP contribution in [0.5, 0.6) is 0 Å². The van der Waals surface area contributed by atoms with Crippen molar-refractivity contribution in [2.75, 3.05) is 13.1 Å². The monoisotopic (exact) mass is 238 g/mol. The Balaban J connectivity index is 2.22. The number of hydrogen-bond donors (Lipinski definition) is 1. The molecule has 2 N–H and O–H groups in total. The zero-order valence-corrected chi connectivity index (χ0v) is 11.9. The van der Waals surface area contributed by atoms with E-state index in [2.05, 4.69) is 25.7 Å². The number of nitrogens with zero attached hydrogens (tertiary/aromatic N) is 1. The molecule has 1 saturated heterocycles. The van der Waals surface area contributed by atoms with Gasteiger partial charge in [0.25, 0.3) is 0 Å². The first-order chi connectivity index (χ1) is 8.15. The van der Waals surface area contributed by atoms with Gasteiger partial charge in [-0.2, -0.15) is 0 Å². The molecule has 1 heterocycles. The largest absolute Gasteiger partial charge is 0.329 e. The normalized spacial score (nSPS) is 39.4. The van der Waals surface area contributed by atoms with Gasteiger partial charge in [0.2, 0.25) is 0 Å². The summed E-state index contributed by atoms with van der Waals surface area (Å²) in [6, 6.07) is 0.783. The van der Waals surface area contributed by atoms with Crippen LogP contribution in [0.3, 0.4) is 0 Å². The van der Waals surface area contributed by atoms with Crippen molar-refractivity contribution in [1.82, 2.24) is 4.90 Å². The summed E-state index contributed by atoms with van der Waals surface area (Å²) in [7, 11) is 0. The number of nitrogens with two attached hydrogens (primary N) is 1. The van der Waals surface area contributed by atoms with Crippen molar-refractivity contribution in [1.29, 1.82) is 0 Å². The average Bonchev–Trinajstić information content (AvgIpc) is 2.95. The maximum Gasteiger partial charge on any atom is 0.0362 e. The van der Waals surface area contributed by atoms with Crippen LogP contribution in [0.15, 0.2) is 0 Å². The molecule has 2 heteroatoms. The third-order valence-electron chi connectivity index (χ3n) is 5.41. The van der Waals surface area contributed by atoms with Gasteiger partial charge in [0.1, 0.15) is 0 Å². The molecule has 2 fully saturated rings. The van der Waals surface area contributed by atoms with Crippen molar-refractivity contribution in [3.05, 3.63) is 0 Å². The molecule has 0 amide bonds. The van der Waals surface area contributed by atoms with Crippen molar-refractivity contribution in [3.63, 3.8) is 0 Å². The maximum atomic E-state index is 6.24. The fourth-order valence-electron chi connectivity index (χ4n) is 4.51. The van der Waals surface area contributed by atoms with Crippen LogP contribution in [0.25, 0.3) is 0 Å². The van der Waals surface area contributed by atoms with Gasteiger partial charge in [0, 0.05) is 18.1 Å². The second-order valence-electron chi connectivity index (χ2n) is 6.45. The van der Waals surface area contributed by atoms with Crippen molar-refractivity contribution in [3.8, 4) is 0 Å². The van der Waals surface area contributed by atoms with Gasteiger partial charge < -0.3 is 5.73 Å². The second kappa shape index (κ2) is 5.27. The molecule has 0 aromatic rings. The molecule has 2 nitrogen and oxygen atoms in total. The molecule has 1 aliphatic heterocycles. The van der Waals surface area contributed by atoms with Crippen molar-refractivity contribution in [2.24, 2.45) is 17.6 Å². The Bertz CT molecular complexity index is 251. The van der Waals surface area contributed by atoms with Crippen molar-refractivity contribution < 1.29 is 0 Å². The lowest BCUT2D eigenvalue weighted by molar-refractivity contribution is 0.0279. The first kappa shape index (κ1) is 13.4. The van der Waals surface area contributed by atoms with E-state index in [4.69, 9.17) is 5.73 Å². The van der Waals surface area contributed by atoms with E-state index in [-0.39, 0.29) is 0 Å². The summed E-state index contributed by atoms with van der Waals surface area (Å²) < 4.78 is 0. The molecule has 1 saturated carbocycles. The lowest BCUT2D eigenvalue weighted by atomic mass is 9.82. The first-order valence-electron chi connectivity index (χ1n) is 7.62. The molecule has 0 bridgehead atoms. The van der Waals surface area contributed by atoms with Crippen LogP contribution in [-0.2, 0) is 0 Å². The standard InChI is InChI=1S/C15H30N2/c1-4-13-7-5-9-15(13,11-16)17-10-6-8-14(17)12(2)3/h12-14H,4-11,16H2,1-3H3. The van der Waals surface area contributed by atoms with Gasteiger partial charge in [0.05, 0.1) is 0 Å². The lowest BCUT2D eigenvalue weighted by Gasteiger charge is -2.47. The van der Waals surface area contributed by atoms with E-state index in [0.717, 1.165) is 24.4 Å². The van der Waals surface area contributed by atoms with Gasteiger partial charge in [-0.3, -0.25) is 4.90 Å². The smallest absolute Gasteiger partial charge is 0.0362 e. The summed E-state index contributed by atoms with van der Waals surface area (Å²) in [6.07, 6.45) is 8.19. The topological polar surface area (TPSA) is 29.3 Å². The van der Waals surface area contributed by atoms with Crippen molar-refractivity contribution >= 4 is 0 Å². The van der Waals surface area contributed by atoms with Crippen LogP contribution >= 0.6 is 0 Å². The molecule has 0 aromatic heterocycles. The first-order valence-corrected chi connectivity index (χ1v) is 7.62. The Kier molecular flexibility index (Phi) is 4.14. The molecular weight excluding hydrogens is 208 g/mol. The highest BCUT2D eigenvalue weighted by molar-refractivity contribution is 5.05. The Morgan fingerprint density at radius 1 is 1.29 bits per heavy atom. The summed E-state index contributed by atoms with van der Waals surface area (Å²) in [5, 5.41) is 0. The van der Waals surface area contributed by atoms with Crippen LogP contribution in [0, 0.1) is 11.8 Å². The molecule has 100 valence electrons. The summed E-state index contributed by atoms with van der Waals surface area (Å²) in [4.78, 5) is 2.82. The van der Waals surface area contributed by atoms with Crippen LogP contribution in [-0.4, -0.2) is 29.6 Å². The number of rotatable bonds is 4. The predicted molar refractivity (Wildman–Crippen MR) is 74.0 cm³/mol. The third-order valence-corrected chi connectivity index (χ3v) is 5.41. The van der Waals surface area contributed by atoms with Gasteiger partial charge in [-0.25, -0.2) is 0 Å². The Hall–Kier alpha value is -0.0800. The van der Waals surface area contributed by atoms with E-state index in [0.29, 0.717) is 5.54 Å². The number of likely N-dealkylation sites (tertiary alicyclic amines) is 1.